The Kier molecular flexibility index (Phi) is 5.36. The largest absolute Gasteiger partial charge is 0.326 e. The fourth-order valence-electron chi connectivity index (χ4n) is 2.65. The molecule has 0 aliphatic carbocycles. The number of amides is 1. The Labute approximate surface area is 170 Å². The molecule has 9 heteroatoms. The lowest BCUT2D eigenvalue weighted by Crippen LogP contribution is -2.12. The smallest absolute Gasteiger partial charge is 0.225 e. The van der Waals surface area contributed by atoms with E-state index in [4.69, 9.17) is 4.98 Å². The average molecular weight is 411 g/mol. The van der Waals surface area contributed by atoms with Crippen molar-refractivity contribution in [2.45, 2.75) is 18.5 Å². The van der Waals surface area contributed by atoms with Crippen LogP contribution in [0, 0.1) is 6.92 Å². The van der Waals surface area contributed by atoms with Crippen molar-refractivity contribution in [2.75, 3.05) is 11.1 Å². The van der Waals surface area contributed by atoms with Gasteiger partial charge in [0.1, 0.15) is 5.01 Å². The van der Waals surface area contributed by atoms with Crippen LogP contribution < -0.4 is 5.32 Å². The van der Waals surface area contributed by atoms with Gasteiger partial charge in [-0.1, -0.05) is 17.8 Å². The highest BCUT2D eigenvalue weighted by molar-refractivity contribution is 7.99. The van der Waals surface area contributed by atoms with Gasteiger partial charge in [0, 0.05) is 30.5 Å². The van der Waals surface area contributed by atoms with Crippen LogP contribution in [-0.2, 0) is 11.8 Å². The third kappa shape index (κ3) is 4.20. The predicted octanol–water partition coefficient (Wildman–Crippen LogP) is 3.92. The van der Waals surface area contributed by atoms with Crippen LogP contribution in [0.25, 0.3) is 20.8 Å². The van der Waals surface area contributed by atoms with Gasteiger partial charge in [0.2, 0.25) is 11.1 Å². The summed E-state index contributed by atoms with van der Waals surface area (Å²) in [5, 5.41) is 15.8. The van der Waals surface area contributed by atoms with Crippen LogP contribution >= 0.6 is 23.1 Å². The van der Waals surface area contributed by atoms with Crippen molar-refractivity contribution in [1.82, 2.24) is 25.2 Å². The van der Waals surface area contributed by atoms with Crippen LogP contribution in [0.15, 0.2) is 47.6 Å². The molecule has 1 amide bonds. The molecule has 2 aromatic heterocycles. The van der Waals surface area contributed by atoms with Crippen molar-refractivity contribution in [3.63, 3.8) is 0 Å². The maximum Gasteiger partial charge on any atom is 0.225 e. The second-order valence-corrected chi connectivity index (χ2v) is 8.39. The number of benzene rings is 2. The van der Waals surface area contributed by atoms with Crippen molar-refractivity contribution >= 4 is 44.9 Å². The monoisotopic (exact) mass is 410 g/mol. The van der Waals surface area contributed by atoms with E-state index < -0.39 is 0 Å². The zero-order valence-electron chi connectivity index (χ0n) is 15.4. The molecule has 0 aliphatic rings. The molecule has 1 N–H and O–H groups in total. The molecule has 0 spiro atoms. The van der Waals surface area contributed by atoms with E-state index in [0.717, 1.165) is 21.8 Å². The van der Waals surface area contributed by atoms with E-state index in [1.165, 1.54) is 22.0 Å². The molecule has 0 aliphatic heterocycles. The number of hydrogen-bond donors (Lipinski definition) is 1. The lowest BCUT2D eigenvalue weighted by atomic mass is 10.2. The fourth-order valence-corrected chi connectivity index (χ4v) is 4.51. The molecule has 0 saturated carbocycles. The van der Waals surface area contributed by atoms with Crippen molar-refractivity contribution in [3.05, 3.63) is 48.0 Å². The highest BCUT2D eigenvalue weighted by Crippen LogP contribution is 2.31. The van der Waals surface area contributed by atoms with Crippen LogP contribution in [0.1, 0.15) is 12.0 Å². The van der Waals surface area contributed by atoms with Crippen molar-refractivity contribution in [1.29, 1.82) is 0 Å². The first-order valence-corrected chi connectivity index (χ1v) is 10.5. The summed E-state index contributed by atoms with van der Waals surface area (Å²) in [4.78, 5) is 16.8. The second-order valence-electron chi connectivity index (χ2n) is 6.30. The molecule has 28 heavy (non-hydrogen) atoms. The summed E-state index contributed by atoms with van der Waals surface area (Å²) in [5.41, 5.74) is 4.06. The first-order valence-electron chi connectivity index (χ1n) is 8.71. The van der Waals surface area contributed by atoms with Gasteiger partial charge in [-0.05, 0) is 59.3 Å². The molecule has 0 fully saturated rings. The third-order valence-electron chi connectivity index (χ3n) is 4.10. The predicted molar refractivity (Wildman–Crippen MR) is 113 cm³/mol. The van der Waals surface area contributed by atoms with E-state index in [0.29, 0.717) is 17.3 Å². The van der Waals surface area contributed by atoms with Crippen LogP contribution in [0.5, 0.6) is 0 Å². The number of thioether (sulfide) groups is 1. The number of carbonyl (C=O) groups is 1. The molecule has 0 saturated heterocycles. The van der Waals surface area contributed by atoms with Crippen molar-refractivity contribution in [2.24, 2.45) is 7.05 Å². The average Bonchev–Trinajstić information content (AvgIpc) is 3.28. The minimum absolute atomic E-state index is 0.0363. The first kappa shape index (κ1) is 18.6. The minimum Gasteiger partial charge on any atom is -0.326 e. The Hall–Kier alpha value is -2.78. The number of hydrogen-bond acceptors (Lipinski definition) is 7. The molecule has 7 nitrogen and oxygen atoms in total. The number of anilines is 1. The Morgan fingerprint density at radius 2 is 2.04 bits per heavy atom. The molecule has 4 aromatic rings. The second kappa shape index (κ2) is 8.07. The molecule has 0 atom stereocenters. The Morgan fingerprint density at radius 3 is 2.79 bits per heavy atom. The number of aryl methyl sites for hydroxylation is 2. The van der Waals surface area contributed by atoms with Crippen LogP contribution in [-0.4, -0.2) is 36.9 Å². The summed E-state index contributed by atoms with van der Waals surface area (Å²) in [6, 6.07) is 14.1. The van der Waals surface area contributed by atoms with Gasteiger partial charge in [0.05, 0.1) is 10.2 Å². The van der Waals surface area contributed by atoms with Gasteiger partial charge in [-0.3, -0.25) is 4.79 Å². The summed E-state index contributed by atoms with van der Waals surface area (Å²) in [6.45, 7) is 2.08. The van der Waals surface area contributed by atoms with Gasteiger partial charge in [-0.25, -0.2) is 9.67 Å². The third-order valence-corrected chi connectivity index (χ3v) is 6.18. The number of nitrogens with zero attached hydrogens (tertiary/aromatic N) is 5. The number of thiazole rings is 1. The number of fused-ring (bicyclic) bond motifs is 1. The highest BCUT2D eigenvalue weighted by Gasteiger charge is 2.09. The van der Waals surface area contributed by atoms with Gasteiger partial charge in [0.15, 0.2) is 0 Å². The Morgan fingerprint density at radius 1 is 1.21 bits per heavy atom. The van der Waals surface area contributed by atoms with Gasteiger partial charge in [-0.15, -0.1) is 16.4 Å². The standard InChI is InChI=1S/C19H18N6OS2/c1-12-3-8-15-16(11-12)28-18(21-15)13-4-6-14(7-5-13)20-17(26)9-10-27-19-22-23-24-25(19)2/h3-8,11H,9-10H2,1-2H3,(H,20,26). The van der Waals surface area contributed by atoms with Crippen molar-refractivity contribution < 1.29 is 4.79 Å². The molecule has 0 bridgehead atoms. The zero-order chi connectivity index (χ0) is 19.5. The molecular formula is C19H18N6OS2. The quantitative estimate of drug-likeness (QED) is 0.485. The SMILES string of the molecule is Cc1ccc2nc(-c3ccc(NC(=O)CCSc4nnnn4C)cc3)sc2c1. The van der Waals surface area contributed by atoms with Crippen LogP contribution in [0.2, 0.25) is 0 Å². The molecule has 2 heterocycles. The van der Waals surface area contributed by atoms with Gasteiger partial charge in [-0.2, -0.15) is 0 Å². The van der Waals surface area contributed by atoms with Gasteiger partial charge in [0.25, 0.3) is 0 Å². The molecule has 4 rings (SSSR count). The van der Waals surface area contributed by atoms with Crippen LogP contribution in [0.4, 0.5) is 5.69 Å². The topological polar surface area (TPSA) is 85.6 Å². The highest BCUT2D eigenvalue weighted by atomic mass is 32.2. The summed E-state index contributed by atoms with van der Waals surface area (Å²) in [5.74, 6) is 0.578. The zero-order valence-corrected chi connectivity index (χ0v) is 17.0. The van der Waals surface area contributed by atoms with Gasteiger partial charge >= 0.3 is 0 Å². The van der Waals surface area contributed by atoms with Crippen molar-refractivity contribution in [3.8, 4) is 10.6 Å². The lowest BCUT2D eigenvalue weighted by Gasteiger charge is -2.05. The number of nitrogens with one attached hydrogen (secondary N) is 1. The summed E-state index contributed by atoms with van der Waals surface area (Å²) < 4.78 is 2.77. The molecule has 0 unspecified atom stereocenters. The van der Waals surface area contributed by atoms with E-state index >= 15 is 0 Å². The van der Waals surface area contributed by atoms with E-state index in [9.17, 15) is 4.79 Å². The van der Waals surface area contributed by atoms with E-state index in [-0.39, 0.29) is 5.91 Å². The maximum atomic E-state index is 12.1. The van der Waals surface area contributed by atoms with E-state index in [2.05, 4.69) is 39.9 Å². The van der Waals surface area contributed by atoms with Crippen LogP contribution in [0.3, 0.4) is 0 Å². The summed E-state index contributed by atoms with van der Waals surface area (Å²) in [6.07, 6.45) is 0.385. The molecule has 0 radical (unpaired) electrons. The Balaban J connectivity index is 1.36. The molecular weight excluding hydrogens is 392 g/mol. The summed E-state index contributed by atoms with van der Waals surface area (Å²) in [7, 11) is 1.77. The molecule has 2 aromatic carbocycles. The number of tetrazole rings is 1. The number of aromatic nitrogens is 5. The number of carbonyl (C=O) groups excluding carboxylic acids is 1. The fraction of sp³-hybridized carbons (Fsp3) is 0.211. The van der Waals surface area contributed by atoms with Gasteiger partial charge < -0.3 is 5.32 Å². The van der Waals surface area contributed by atoms with E-state index in [1.54, 1.807) is 23.1 Å². The minimum atomic E-state index is -0.0363. The first-order chi connectivity index (χ1) is 13.6. The normalized spacial score (nSPS) is 11.1. The van der Waals surface area contributed by atoms with E-state index in [1.807, 2.05) is 30.3 Å². The number of rotatable bonds is 6. The Bertz CT molecular complexity index is 1120. The lowest BCUT2D eigenvalue weighted by molar-refractivity contribution is -0.115. The molecule has 142 valence electrons. The maximum absolute atomic E-state index is 12.1. The summed E-state index contributed by atoms with van der Waals surface area (Å²) >= 11 is 3.13.